The fourth-order valence-corrected chi connectivity index (χ4v) is 4.10. The van der Waals surface area contributed by atoms with Crippen LogP contribution in [0.4, 0.5) is 4.39 Å². The first-order valence-corrected chi connectivity index (χ1v) is 9.94. The second kappa shape index (κ2) is 7.55. The smallest absolute Gasteiger partial charge is 0.244 e. The molecule has 0 spiro atoms. The van der Waals surface area contributed by atoms with Crippen LogP contribution in [0.2, 0.25) is 0 Å². The van der Waals surface area contributed by atoms with Gasteiger partial charge in [0.2, 0.25) is 15.9 Å². The van der Waals surface area contributed by atoms with E-state index in [0.29, 0.717) is 0 Å². The van der Waals surface area contributed by atoms with Gasteiger partial charge in [-0.05, 0) is 37.0 Å². The summed E-state index contributed by atoms with van der Waals surface area (Å²) in [5, 5.41) is 0. The second-order valence-electron chi connectivity index (χ2n) is 6.47. The molecular weight excluding hydrogens is 355 g/mol. The van der Waals surface area contributed by atoms with E-state index in [1.54, 1.807) is 11.9 Å². The molecule has 1 N–H and O–H groups in total. The highest BCUT2D eigenvalue weighted by atomic mass is 32.2. The molecule has 1 unspecified atom stereocenters. The molecule has 0 aliphatic heterocycles. The molecule has 1 fully saturated rings. The number of nitrogens with one attached hydrogen (secondary N) is 1. The van der Waals surface area contributed by atoms with Crippen molar-refractivity contribution < 1.29 is 17.6 Å². The van der Waals surface area contributed by atoms with Crippen molar-refractivity contribution in [3.8, 4) is 0 Å². The van der Waals surface area contributed by atoms with Crippen molar-refractivity contribution in [3.05, 3.63) is 66.0 Å². The minimum atomic E-state index is -4.17. The van der Waals surface area contributed by atoms with Crippen LogP contribution in [0.25, 0.3) is 0 Å². The van der Waals surface area contributed by atoms with Crippen LogP contribution in [0.5, 0.6) is 0 Å². The van der Waals surface area contributed by atoms with Crippen LogP contribution in [-0.4, -0.2) is 38.4 Å². The van der Waals surface area contributed by atoms with Gasteiger partial charge in [-0.1, -0.05) is 42.5 Å². The lowest BCUT2D eigenvalue weighted by Gasteiger charge is -2.24. The maximum Gasteiger partial charge on any atom is 0.244 e. The van der Waals surface area contributed by atoms with E-state index in [4.69, 9.17) is 0 Å². The first-order valence-electron chi connectivity index (χ1n) is 8.46. The van der Waals surface area contributed by atoms with E-state index in [2.05, 4.69) is 4.72 Å². The zero-order chi connectivity index (χ0) is 18.7. The molecule has 1 atom stereocenters. The Morgan fingerprint density at radius 2 is 1.77 bits per heavy atom. The topological polar surface area (TPSA) is 66.5 Å². The van der Waals surface area contributed by atoms with E-state index in [1.165, 1.54) is 18.2 Å². The number of nitrogens with zero attached hydrogens (tertiary/aromatic N) is 1. The maximum atomic E-state index is 13.9. The minimum absolute atomic E-state index is 0.152. The molecular formula is C19H21FN2O3S. The zero-order valence-electron chi connectivity index (χ0n) is 14.4. The van der Waals surface area contributed by atoms with Gasteiger partial charge in [0, 0.05) is 13.1 Å². The molecule has 1 aliphatic carbocycles. The lowest BCUT2D eigenvalue weighted by molar-refractivity contribution is -0.132. The molecule has 1 amide bonds. The first-order chi connectivity index (χ1) is 12.4. The molecule has 26 heavy (non-hydrogen) atoms. The molecule has 0 radical (unpaired) electrons. The fraction of sp³-hybridized carbons (Fsp3) is 0.316. The summed E-state index contributed by atoms with van der Waals surface area (Å²) in [7, 11) is -2.49. The summed E-state index contributed by atoms with van der Waals surface area (Å²) in [6.07, 6.45) is 2.03. The van der Waals surface area contributed by atoms with Crippen molar-refractivity contribution in [2.45, 2.75) is 36.2 Å². The van der Waals surface area contributed by atoms with Gasteiger partial charge in [-0.2, -0.15) is 4.72 Å². The van der Waals surface area contributed by atoms with Gasteiger partial charge in [0.05, 0.1) is 0 Å². The van der Waals surface area contributed by atoms with Crippen LogP contribution in [0.15, 0.2) is 59.5 Å². The van der Waals surface area contributed by atoms with E-state index >= 15 is 0 Å². The van der Waals surface area contributed by atoms with Gasteiger partial charge >= 0.3 is 0 Å². The molecule has 1 aliphatic rings. The van der Waals surface area contributed by atoms with Gasteiger partial charge in [0.1, 0.15) is 16.8 Å². The van der Waals surface area contributed by atoms with E-state index in [1.807, 2.05) is 30.3 Å². The summed E-state index contributed by atoms with van der Waals surface area (Å²) >= 11 is 0. The Morgan fingerprint density at radius 1 is 1.15 bits per heavy atom. The Morgan fingerprint density at radius 3 is 2.38 bits per heavy atom. The van der Waals surface area contributed by atoms with Crippen molar-refractivity contribution >= 4 is 15.9 Å². The summed E-state index contributed by atoms with van der Waals surface area (Å²) in [5.74, 6) is -1.15. The predicted octanol–water partition coefficient (Wildman–Crippen LogP) is 2.34. The minimum Gasteiger partial charge on any atom is -0.341 e. The Labute approximate surface area is 152 Å². The molecule has 2 aromatic carbocycles. The van der Waals surface area contributed by atoms with Crippen molar-refractivity contribution in [1.29, 1.82) is 0 Å². The van der Waals surface area contributed by atoms with Crippen LogP contribution in [-0.2, 0) is 21.2 Å². The number of benzene rings is 2. The zero-order valence-corrected chi connectivity index (χ0v) is 15.2. The average molecular weight is 376 g/mol. The number of hydrogen-bond acceptors (Lipinski definition) is 3. The molecule has 1 saturated carbocycles. The first kappa shape index (κ1) is 18.5. The van der Waals surface area contributed by atoms with Crippen molar-refractivity contribution in [2.24, 2.45) is 0 Å². The highest BCUT2D eigenvalue weighted by molar-refractivity contribution is 7.89. The average Bonchev–Trinajstić information content (AvgIpc) is 3.46. The van der Waals surface area contributed by atoms with Crippen molar-refractivity contribution in [1.82, 2.24) is 9.62 Å². The molecule has 2 aromatic rings. The molecule has 0 heterocycles. The van der Waals surface area contributed by atoms with Gasteiger partial charge in [-0.3, -0.25) is 4.79 Å². The molecule has 5 nitrogen and oxygen atoms in total. The normalized spacial score (nSPS) is 15.5. The lowest BCUT2D eigenvalue weighted by Crippen LogP contribution is -2.49. The monoisotopic (exact) mass is 376 g/mol. The Hall–Kier alpha value is -2.25. The third-order valence-corrected chi connectivity index (χ3v) is 5.95. The molecule has 7 heteroatoms. The maximum absolute atomic E-state index is 13.9. The Bertz CT molecular complexity index is 883. The summed E-state index contributed by atoms with van der Waals surface area (Å²) in [5.41, 5.74) is 0.825. The van der Waals surface area contributed by atoms with E-state index in [0.717, 1.165) is 24.5 Å². The summed E-state index contributed by atoms with van der Waals surface area (Å²) in [6.45, 7) is 0. The van der Waals surface area contributed by atoms with Crippen LogP contribution in [0, 0.1) is 5.82 Å². The van der Waals surface area contributed by atoms with Crippen molar-refractivity contribution in [3.63, 3.8) is 0 Å². The van der Waals surface area contributed by atoms with Crippen LogP contribution in [0.1, 0.15) is 18.4 Å². The van der Waals surface area contributed by atoms with Crippen LogP contribution < -0.4 is 4.72 Å². The highest BCUT2D eigenvalue weighted by Crippen LogP contribution is 2.26. The van der Waals surface area contributed by atoms with Gasteiger partial charge in [-0.15, -0.1) is 0 Å². The standard InChI is InChI=1S/C19H21FN2O3S/c1-22(15-11-12-15)19(23)17(13-14-7-3-2-4-8-14)21-26(24,25)18-10-6-5-9-16(18)20/h2-10,15,17,21H,11-13H2,1H3. The number of amides is 1. The number of likely N-dealkylation sites (N-methyl/N-ethyl adjacent to an activating group) is 1. The summed E-state index contributed by atoms with van der Waals surface area (Å²) in [6, 6.07) is 13.4. The molecule has 138 valence electrons. The van der Waals surface area contributed by atoms with E-state index < -0.39 is 26.8 Å². The number of hydrogen-bond donors (Lipinski definition) is 1. The number of sulfonamides is 1. The van der Waals surface area contributed by atoms with Crippen LogP contribution >= 0.6 is 0 Å². The van der Waals surface area contributed by atoms with Gasteiger partial charge in [-0.25, -0.2) is 12.8 Å². The fourth-order valence-electron chi connectivity index (χ4n) is 2.83. The predicted molar refractivity (Wildman–Crippen MR) is 96.4 cm³/mol. The molecule has 0 saturated heterocycles. The SMILES string of the molecule is CN(C(=O)C(Cc1ccccc1)NS(=O)(=O)c1ccccc1F)C1CC1. The summed E-state index contributed by atoms with van der Waals surface area (Å²) in [4.78, 5) is 14.0. The largest absolute Gasteiger partial charge is 0.341 e. The Kier molecular flexibility index (Phi) is 5.38. The van der Waals surface area contributed by atoms with Gasteiger partial charge < -0.3 is 4.90 Å². The summed E-state index contributed by atoms with van der Waals surface area (Å²) < 4.78 is 41.6. The number of carbonyl (C=O) groups is 1. The highest BCUT2D eigenvalue weighted by Gasteiger charge is 2.35. The van der Waals surface area contributed by atoms with Gasteiger partial charge in [0.15, 0.2) is 0 Å². The molecule has 0 bridgehead atoms. The van der Waals surface area contributed by atoms with Crippen LogP contribution in [0.3, 0.4) is 0 Å². The Balaban J connectivity index is 1.87. The van der Waals surface area contributed by atoms with E-state index in [-0.39, 0.29) is 18.4 Å². The lowest BCUT2D eigenvalue weighted by atomic mass is 10.1. The molecule has 0 aromatic heterocycles. The van der Waals surface area contributed by atoms with E-state index in [9.17, 15) is 17.6 Å². The third kappa shape index (κ3) is 4.28. The van der Waals surface area contributed by atoms with Crippen molar-refractivity contribution in [2.75, 3.05) is 7.05 Å². The van der Waals surface area contributed by atoms with Gasteiger partial charge in [0.25, 0.3) is 0 Å². The third-order valence-electron chi connectivity index (χ3n) is 4.45. The quantitative estimate of drug-likeness (QED) is 0.807. The second-order valence-corrected chi connectivity index (χ2v) is 8.16. The number of rotatable bonds is 7. The number of halogens is 1. The number of carbonyl (C=O) groups excluding carboxylic acids is 1. The molecule has 3 rings (SSSR count).